The van der Waals surface area contributed by atoms with Gasteiger partial charge in [0.05, 0.1) is 17.5 Å². The lowest BCUT2D eigenvalue weighted by atomic mass is 10.0. The number of aliphatic hydroxyl groups excluding tert-OH is 1. The first-order valence-electron chi connectivity index (χ1n) is 8.90. The zero-order chi connectivity index (χ0) is 19.9. The Morgan fingerprint density at radius 2 is 2.11 bits per heavy atom. The SMILES string of the molecule is CCOc1n[nH]c2cc(NC(=O)NC[C@@H](O)C(OC)c3ccccc3)ncc12. The van der Waals surface area contributed by atoms with Crippen molar-refractivity contribution in [1.82, 2.24) is 20.5 Å². The number of benzene rings is 1. The van der Waals surface area contributed by atoms with Crippen LogP contribution < -0.4 is 15.4 Å². The minimum atomic E-state index is -0.907. The second-order valence-electron chi connectivity index (χ2n) is 6.05. The number of hydrogen-bond donors (Lipinski definition) is 4. The predicted octanol–water partition coefficient (Wildman–Crippen LogP) is 2.23. The summed E-state index contributed by atoms with van der Waals surface area (Å²) in [6.07, 6.45) is 0.123. The molecule has 28 heavy (non-hydrogen) atoms. The van der Waals surface area contributed by atoms with Gasteiger partial charge in [0.2, 0.25) is 5.88 Å². The Labute approximate surface area is 162 Å². The van der Waals surface area contributed by atoms with Crippen molar-refractivity contribution in [2.75, 3.05) is 25.6 Å². The number of ether oxygens (including phenoxy) is 2. The Bertz CT molecular complexity index is 915. The van der Waals surface area contributed by atoms with Crippen molar-refractivity contribution in [2.45, 2.75) is 19.1 Å². The van der Waals surface area contributed by atoms with Crippen LogP contribution in [0.4, 0.5) is 10.6 Å². The molecule has 1 aromatic carbocycles. The van der Waals surface area contributed by atoms with Crippen LogP contribution >= 0.6 is 0 Å². The molecule has 0 spiro atoms. The van der Waals surface area contributed by atoms with E-state index in [1.54, 1.807) is 12.3 Å². The number of carbonyl (C=O) groups excluding carboxylic acids is 1. The van der Waals surface area contributed by atoms with Crippen LogP contribution in [0.3, 0.4) is 0 Å². The molecule has 3 rings (SSSR count). The number of methoxy groups -OCH3 is 1. The van der Waals surface area contributed by atoms with E-state index in [1.165, 1.54) is 7.11 Å². The van der Waals surface area contributed by atoms with Crippen LogP contribution in [-0.2, 0) is 4.74 Å². The minimum Gasteiger partial charge on any atom is -0.476 e. The van der Waals surface area contributed by atoms with Crippen molar-refractivity contribution in [3.8, 4) is 5.88 Å². The summed E-state index contributed by atoms with van der Waals surface area (Å²) in [6.45, 7) is 2.38. The summed E-state index contributed by atoms with van der Waals surface area (Å²) < 4.78 is 10.8. The number of amides is 2. The van der Waals surface area contributed by atoms with Gasteiger partial charge in [-0.3, -0.25) is 10.4 Å². The van der Waals surface area contributed by atoms with Gasteiger partial charge in [-0.15, -0.1) is 5.10 Å². The van der Waals surface area contributed by atoms with Crippen molar-refractivity contribution in [2.24, 2.45) is 0 Å². The van der Waals surface area contributed by atoms with E-state index in [0.717, 1.165) is 10.9 Å². The first-order chi connectivity index (χ1) is 13.6. The third kappa shape index (κ3) is 4.56. The van der Waals surface area contributed by atoms with E-state index in [9.17, 15) is 9.90 Å². The molecule has 0 saturated heterocycles. The van der Waals surface area contributed by atoms with Gasteiger partial charge in [-0.2, -0.15) is 0 Å². The Morgan fingerprint density at radius 1 is 1.32 bits per heavy atom. The summed E-state index contributed by atoms with van der Waals surface area (Å²) >= 11 is 0. The topological polar surface area (TPSA) is 121 Å². The van der Waals surface area contributed by atoms with Gasteiger partial charge < -0.3 is 19.9 Å². The molecule has 1 unspecified atom stereocenters. The number of fused-ring (bicyclic) bond motifs is 1. The second-order valence-corrected chi connectivity index (χ2v) is 6.05. The van der Waals surface area contributed by atoms with E-state index < -0.39 is 18.2 Å². The maximum atomic E-state index is 12.1. The van der Waals surface area contributed by atoms with E-state index in [4.69, 9.17) is 9.47 Å². The number of rotatable bonds is 8. The highest BCUT2D eigenvalue weighted by Gasteiger charge is 2.21. The maximum absolute atomic E-state index is 12.1. The number of pyridine rings is 1. The summed E-state index contributed by atoms with van der Waals surface area (Å²) in [6, 6.07) is 10.5. The molecule has 0 aliphatic heterocycles. The number of nitrogens with one attached hydrogen (secondary N) is 3. The Kier molecular flexibility index (Phi) is 6.41. The lowest BCUT2D eigenvalue weighted by molar-refractivity contribution is -0.0110. The number of hydrogen-bond acceptors (Lipinski definition) is 6. The number of aromatic nitrogens is 3. The van der Waals surface area contributed by atoms with Crippen molar-refractivity contribution in [3.63, 3.8) is 0 Å². The number of carbonyl (C=O) groups is 1. The maximum Gasteiger partial charge on any atom is 0.320 e. The van der Waals surface area contributed by atoms with Crippen LogP contribution in [0.1, 0.15) is 18.6 Å². The quantitative estimate of drug-likeness (QED) is 0.472. The third-order valence-corrected chi connectivity index (χ3v) is 4.14. The van der Waals surface area contributed by atoms with Crippen LogP contribution in [0.15, 0.2) is 42.6 Å². The van der Waals surface area contributed by atoms with Crippen molar-refractivity contribution < 1.29 is 19.4 Å². The third-order valence-electron chi connectivity index (χ3n) is 4.14. The Hall–Kier alpha value is -3.17. The summed E-state index contributed by atoms with van der Waals surface area (Å²) in [5.41, 5.74) is 1.52. The van der Waals surface area contributed by atoms with Gasteiger partial charge in [-0.05, 0) is 12.5 Å². The summed E-state index contributed by atoms with van der Waals surface area (Å²) in [7, 11) is 1.51. The molecule has 2 atom stereocenters. The monoisotopic (exact) mass is 385 g/mol. The molecule has 2 aromatic heterocycles. The molecule has 2 heterocycles. The summed E-state index contributed by atoms with van der Waals surface area (Å²) in [4.78, 5) is 16.3. The molecule has 9 heteroatoms. The lowest BCUT2D eigenvalue weighted by Crippen LogP contribution is -2.38. The molecular formula is C19H23N5O4. The summed E-state index contributed by atoms with van der Waals surface area (Å²) in [5.74, 6) is 0.813. The van der Waals surface area contributed by atoms with Gasteiger partial charge in [0.25, 0.3) is 0 Å². The Morgan fingerprint density at radius 3 is 2.82 bits per heavy atom. The molecule has 0 bridgehead atoms. The molecule has 4 N–H and O–H groups in total. The van der Waals surface area contributed by atoms with Crippen LogP contribution in [-0.4, -0.2) is 52.7 Å². The number of H-pyrrole nitrogens is 1. The molecule has 0 aliphatic rings. The standard InChI is InChI=1S/C19H23N5O4/c1-3-28-18-13-10-20-16(9-14(13)23-24-18)22-19(26)21-11-15(25)17(27-2)12-7-5-4-6-8-12/h4-10,15,17,25H,3,11H2,1-2H3,(H,23,24)(H2,20,21,22,26)/t15-,17?/m1/s1. The first-order valence-corrected chi connectivity index (χ1v) is 8.90. The normalized spacial score (nSPS) is 13.1. The molecule has 9 nitrogen and oxygen atoms in total. The highest BCUT2D eigenvalue weighted by Crippen LogP contribution is 2.23. The zero-order valence-electron chi connectivity index (χ0n) is 15.7. The molecule has 148 valence electrons. The number of aliphatic hydroxyl groups is 1. The fourth-order valence-electron chi connectivity index (χ4n) is 2.83. The first kappa shape index (κ1) is 19.6. The molecule has 2 amide bonds. The van der Waals surface area contributed by atoms with Gasteiger partial charge in [0.15, 0.2) is 0 Å². The molecule has 0 aliphatic carbocycles. The molecule has 0 fully saturated rings. The Balaban J connectivity index is 1.57. The van der Waals surface area contributed by atoms with Gasteiger partial charge in [0.1, 0.15) is 18.0 Å². The van der Waals surface area contributed by atoms with Gasteiger partial charge >= 0.3 is 6.03 Å². The number of nitrogens with zero attached hydrogens (tertiary/aromatic N) is 2. The fraction of sp³-hybridized carbons (Fsp3) is 0.316. The van der Waals surface area contributed by atoms with E-state index in [2.05, 4.69) is 25.8 Å². The average Bonchev–Trinajstić information content (AvgIpc) is 3.10. The smallest absolute Gasteiger partial charge is 0.320 e. The van der Waals surface area contributed by atoms with E-state index in [1.807, 2.05) is 37.3 Å². The number of aromatic amines is 1. The van der Waals surface area contributed by atoms with E-state index in [-0.39, 0.29) is 6.54 Å². The molecular weight excluding hydrogens is 362 g/mol. The highest BCUT2D eigenvalue weighted by atomic mass is 16.5. The van der Waals surface area contributed by atoms with Crippen LogP contribution in [0.25, 0.3) is 10.9 Å². The van der Waals surface area contributed by atoms with Gasteiger partial charge in [-0.25, -0.2) is 9.78 Å². The van der Waals surface area contributed by atoms with Crippen molar-refractivity contribution in [1.29, 1.82) is 0 Å². The molecule has 0 saturated carbocycles. The highest BCUT2D eigenvalue weighted by molar-refractivity contribution is 5.91. The van der Waals surface area contributed by atoms with Crippen LogP contribution in [0.2, 0.25) is 0 Å². The second kappa shape index (κ2) is 9.16. The predicted molar refractivity (Wildman–Crippen MR) is 104 cm³/mol. The zero-order valence-corrected chi connectivity index (χ0v) is 15.7. The molecule has 3 aromatic rings. The summed E-state index contributed by atoms with van der Waals surface area (Å²) in [5, 5.41) is 23.2. The van der Waals surface area contributed by atoms with Gasteiger partial charge in [-0.1, -0.05) is 30.3 Å². The number of anilines is 1. The van der Waals surface area contributed by atoms with Crippen molar-refractivity contribution in [3.05, 3.63) is 48.2 Å². The van der Waals surface area contributed by atoms with Crippen LogP contribution in [0.5, 0.6) is 5.88 Å². The largest absolute Gasteiger partial charge is 0.476 e. The fourth-order valence-corrected chi connectivity index (χ4v) is 2.83. The van der Waals surface area contributed by atoms with Crippen LogP contribution in [0, 0.1) is 0 Å². The van der Waals surface area contributed by atoms with Gasteiger partial charge in [0, 0.05) is 25.9 Å². The average molecular weight is 385 g/mol. The van der Waals surface area contributed by atoms with Crippen molar-refractivity contribution >= 4 is 22.8 Å². The minimum absolute atomic E-state index is 0.0139. The number of urea groups is 1. The lowest BCUT2D eigenvalue weighted by Gasteiger charge is -2.22. The van der Waals surface area contributed by atoms with E-state index >= 15 is 0 Å². The van der Waals surface area contributed by atoms with E-state index in [0.29, 0.717) is 23.8 Å². The molecule has 0 radical (unpaired) electrons.